The number of ether oxygens (including phenoxy) is 1. The van der Waals surface area contributed by atoms with Gasteiger partial charge >= 0.3 is 5.97 Å². The first-order valence-electron chi connectivity index (χ1n) is 5.26. The smallest absolute Gasteiger partial charge is 0.338 e. The summed E-state index contributed by atoms with van der Waals surface area (Å²) in [7, 11) is 0. The van der Waals surface area contributed by atoms with Crippen molar-refractivity contribution in [1.82, 2.24) is 0 Å². The lowest BCUT2D eigenvalue weighted by Gasteiger charge is -2.07. The molecule has 0 amide bonds. The van der Waals surface area contributed by atoms with Crippen molar-refractivity contribution >= 4 is 5.97 Å². The molecule has 3 nitrogen and oxygen atoms in total. The van der Waals surface area contributed by atoms with Gasteiger partial charge in [0.05, 0.1) is 24.7 Å². The molecule has 0 aliphatic heterocycles. The van der Waals surface area contributed by atoms with E-state index in [0.717, 1.165) is 5.56 Å². The van der Waals surface area contributed by atoms with Crippen LogP contribution in [0.1, 0.15) is 29.8 Å². The fourth-order valence-corrected chi connectivity index (χ4v) is 1.23. The van der Waals surface area contributed by atoms with Gasteiger partial charge in [-0.1, -0.05) is 26.0 Å². The molecule has 0 aliphatic carbocycles. The number of carbonyl (C=O) groups is 1. The minimum Gasteiger partial charge on any atom is -0.462 e. The largest absolute Gasteiger partial charge is 0.462 e. The SMILES string of the molecule is CC(C)COC(=O)c1cccc(CC#N)c1. The first-order valence-corrected chi connectivity index (χ1v) is 5.26. The summed E-state index contributed by atoms with van der Waals surface area (Å²) in [6.45, 7) is 4.39. The Morgan fingerprint density at radius 1 is 1.50 bits per heavy atom. The van der Waals surface area contributed by atoms with Gasteiger partial charge in [-0.2, -0.15) is 5.26 Å². The lowest BCUT2D eigenvalue weighted by atomic mass is 10.1. The Hall–Kier alpha value is -1.82. The van der Waals surface area contributed by atoms with Crippen LogP contribution in [0.25, 0.3) is 0 Å². The summed E-state index contributed by atoms with van der Waals surface area (Å²) in [5.41, 5.74) is 1.34. The lowest BCUT2D eigenvalue weighted by Crippen LogP contribution is -2.10. The number of esters is 1. The average Bonchev–Trinajstić information content (AvgIpc) is 2.26. The van der Waals surface area contributed by atoms with Crippen LogP contribution in [0.3, 0.4) is 0 Å². The minimum atomic E-state index is -0.325. The molecule has 0 aliphatic rings. The van der Waals surface area contributed by atoms with E-state index in [2.05, 4.69) is 0 Å². The lowest BCUT2D eigenvalue weighted by molar-refractivity contribution is 0.0459. The van der Waals surface area contributed by atoms with Gasteiger partial charge in [0.25, 0.3) is 0 Å². The summed E-state index contributed by atoms with van der Waals surface area (Å²) in [4.78, 5) is 11.6. The average molecular weight is 217 g/mol. The van der Waals surface area contributed by atoms with Gasteiger partial charge in [0, 0.05) is 0 Å². The Labute approximate surface area is 95.7 Å². The van der Waals surface area contributed by atoms with Gasteiger partial charge in [0.1, 0.15) is 0 Å². The van der Waals surface area contributed by atoms with E-state index in [4.69, 9.17) is 10.00 Å². The van der Waals surface area contributed by atoms with Crippen LogP contribution in [0.4, 0.5) is 0 Å². The highest BCUT2D eigenvalue weighted by molar-refractivity contribution is 5.89. The Balaban J connectivity index is 2.68. The summed E-state index contributed by atoms with van der Waals surface area (Å²) in [5, 5.41) is 8.56. The molecule has 0 atom stereocenters. The molecule has 0 spiro atoms. The molecule has 0 fully saturated rings. The fraction of sp³-hybridized carbons (Fsp3) is 0.385. The molecule has 0 bridgehead atoms. The molecule has 0 unspecified atom stereocenters. The molecule has 3 heteroatoms. The zero-order valence-corrected chi connectivity index (χ0v) is 9.56. The number of nitrogens with zero attached hydrogens (tertiary/aromatic N) is 1. The van der Waals surface area contributed by atoms with E-state index in [1.54, 1.807) is 18.2 Å². The Morgan fingerprint density at radius 3 is 2.88 bits per heavy atom. The van der Waals surface area contributed by atoms with Crippen LogP contribution in [0, 0.1) is 17.2 Å². The van der Waals surface area contributed by atoms with Crippen molar-refractivity contribution in [2.24, 2.45) is 5.92 Å². The van der Waals surface area contributed by atoms with Gasteiger partial charge in [-0.05, 0) is 23.6 Å². The highest BCUT2D eigenvalue weighted by atomic mass is 16.5. The van der Waals surface area contributed by atoms with Crippen molar-refractivity contribution in [1.29, 1.82) is 5.26 Å². The molecule has 0 N–H and O–H groups in total. The first kappa shape index (κ1) is 12.3. The molecule has 0 heterocycles. The third kappa shape index (κ3) is 3.74. The van der Waals surface area contributed by atoms with Crippen LogP contribution in [0.5, 0.6) is 0 Å². The summed E-state index contributed by atoms with van der Waals surface area (Å²) in [6.07, 6.45) is 0.311. The third-order valence-electron chi connectivity index (χ3n) is 1.99. The second-order valence-electron chi connectivity index (χ2n) is 4.03. The highest BCUT2D eigenvalue weighted by Gasteiger charge is 2.08. The van der Waals surface area contributed by atoms with Crippen molar-refractivity contribution < 1.29 is 9.53 Å². The van der Waals surface area contributed by atoms with Crippen molar-refractivity contribution in [3.63, 3.8) is 0 Å². The summed E-state index contributed by atoms with van der Waals surface area (Å²) in [6, 6.07) is 9.03. The van der Waals surface area contributed by atoms with Gasteiger partial charge in [0.15, 0.2) is 0 Å². The maximum atomic E-state index is 11.6. The summed E-state index contributed by atoms with van der Waals surface area (Å²) < 4.78 is 5.10. The quantitative estimate of drug-likeness (QED) is 0.728. The molecular weight excluding hydrogens is 202 g/mol. The van der Waals surface area contributed by atoms with Gasteiger partial charge in [-0.25, -0.2) is 4.79 Å². The van der Waals surface area contributed by atoms with Crippen LogP contribution < -0.4 is 0 Å². The van der Waals surface area contributed by atoms with Gasteiger partial charge in [-0.3, -0.25) is 0 Å². The minimum absolute atomic E-state index is 0.311. The number of hydrogen-bond donors (Lipinski definition) is 0. The standard InChI is InChI=1S/C13H15NO2/c1-10(2)9-16-13(15)12-5-3-4-11(8-12)6-7-14/h3-5,8,10H,6,9H2,1-2H3. The summed E-state index contributed by atoms with van der Waals surface area (Å²) >= 11 is 0. The van der Waals surface area contributed by atoms with E-state index in [1.807, 2.05) is 26.0 Å². The van der Waals surface area contributed by atoms with Gasteiger partial charge < -0.3 is 4.74 Å². The molecule has 0 radical (unpaired) electrons. The van der Waals surface area contributed by atoms with Crippen LogP contribution >= 0.6 is 0 Å². The van der Waals surface area contributed by atoms with E-state index in [-0.39, 0.29) is 5.97 Å². The maximum Gasteiger partial charge on any atom is 0.338 e. The van der Waals surface area contributed by atoms with Gasteiger partial charge in [0.2, 0.25) is 0 Å². The second-order valence-corrected chi connectivity index (χ2v) is 4.03. The van der Waals surface area contributed by atoms with Crippen molar-refractivity contribution in [2.45, 2.75) is 20.3 Å². The fourth-order valence-electron chi connectivity index (χ4n) is 1.23. The second kappa shape index (κ2) is 5.92. The number of benzene rings is 1. The number of carbonyl (C=O) groups excluding carboxylic acids is 1. The Morgan fingerprint density at radius 2 is 2.25 bits per heavy atom. The molecule has 1 aromatic carbocycles. The van der Waals surface area contributed by atoms with Crippen molar-refractivity contribution in [3.8, 4) is 6.07 Å². The normalized spacial score (nSPS) is 9.88. The van der Waals surface area contributed by atoms with Crippen LogP contribution in [0.2, 0.25) is 0 Å². The predicted molar refractivity (Wildman–Crippen MR) is 60.9 cm³/mol. The van der Waals surface area contributed by atoms with E-state index in [9.17, 15) is 4.79 Å². The van der Waals surface area contributed by atoms with Gasteiger partial charge in [-0.15, -0.1) is 0 Å². The van der Waals surface area contributed by atoms with E-state index >= 15 is 0 Å². The molecule has 1 rings (SSSR count). The molecular formula is C13H15NO2. The molecule has 16 heavy (non-hydrogen) atoms. The first-order chi connectivity index (χ1) is 7.63. The zero-order chi connectivity index (χ0) is 12.0. The molecule has 1 aromatic rings. The number of rotatable bonds is 4. The zero-order valence-electron chi connectivity index (χ0n) is 9.56. The Kier molecular flexibility index (Phi) is 4.53. The topological polar surface area (TPSA) is 50.1 Å². The third-order valence-corrected chi connectivity index (χ3v) is 1.99. The monoisotopic (exact) mass is 217 g/mol. The van der Waals surface area contributed by atoms with E-state index in [0.29, 0.717) is 24.5 Å². The van der Waals surface area contributed by atoms with E-state index in [1.165, 1.54) is 0 Å². The molecule has 84 valence electrons. The highest BCUT2D eigenvalue weighted by Crippen LogP contribution is 2.08. The number of nitriles is 1. The summed E-state index contributed by atoms with van der Waals surface area (Å²) in [5.74, 6) is -0.000249. The van der Waals surface area contributed by atoms with Crippen LogP contribution in [-0.4, -0.2) is 12.6 Å². The number of hydrogen-bond acceptors (Lipinski definition) is 3. The maximum absolute atomic E-state index is 11.6. The predicted octanol–water partition coefficient (Wildman–Crippen LogP) is 2.57. The van der Waals surface area contributed by atoms with Crippen LogP contribution in [0.15, 0.2) is 24.3 Å². The van der Waals surface area contributed by atoms with E-state index < -0.39 is 0 Å². The molecule has 0 saturated carbocycles. The molecule has 0 aromatic heterocycles. The Bertz CT molecular complexity index is 405. The molecule has 0 saturated heterocycles. The van der Waals surface area contributed by atoms with Crippen molar-refractivity contribution in [2.75, 3.05) is 6.61 Å². The van der Waals surface area contributed by atoms with Crippen LogP contribution in [-0.2, 0) is 11.2 Å². The van der Waals surface area contributed by atoms with Crippen molar-refractivity contribution in [3.05, 3.63) is 35.4 Å².